The van der Waals surface area contributed by atoms with Crippen molar-refractivity contribution in [3.05, 3.63) is 69.2 Å². The van der Waals surface area contributed by atoms with Gasteiger partial charge in [0.05, 0.1) is 0 Å². The maximum absolute atomic E-state index is 6.17. The van der Waals surface area contributed by atoms with E-state index in [1.165, 1.54) is 16.5 Å². The van der Waals surface area contributed by atoms with E-state index in [2.05, 4.69) is 28.1 Å². The van der Waals surface area contributed by atoms with Crippen LogP contribution in [0.4, 0.5) is 0 Å². The molecular formula is C18H16BrClO. The largest absolute Gasteiger partial charge is 0.488 e. The van der Waals surface area contributed by atoms with E-state index in [1.54, 1.807) is 0 Å². The molecule has 0 aromatic heterocycles. The third-order valence-electron chi connectivity index (χ3n) is 3.65. The molecule has 1 aliphatic carbocycles. The Morgan fingerprint density at radius 1 is 1.05 bits per heavy atom. The molecule has 0 spiro atoms. The Bertz CT molecular complexity index is 664. The van der Waals surface area contributed by atoms with Gasteiger partial charge >= 0.3 is 0 Å². The molecule has 0 atom stereocenters. The van der Waals surface area contributed by atoms with Crippen molar-refractivity contribution in [2.45, 2.75) is 25.9 Å². The summed E-state index contributed by atoms with van der Waals surface area (Å²) in [5.74, 6) is 0.900. The number of rotatable bonds is 4. The number of allylic oxidation sites excluding steroid dienone is 2. The van der Waals surface area contributed by atoms with Crippen molar-refractivity contribution in [3.8, 4) is 5.75 Å². The fourth-order valence-corrected chi connectivity index (χ4v) is 3.45. The van der Waals surface area contributed by atoms with Crippen LogP contribution in [-0.2, 0) is 6.61 Å². The molecule has 0 heterocycles. The topological polar surface area (TPSA) is 9.23 Å². The molecule has 21 heavy (non-hydrogen) atoms. The zero-order chi connectivity index (χ0) is 14.7. The molecule has 0 amide bonds. The summed E-state index contributed by atoms with van der Waals surface area (Å²) < 4.78 is 7.30. The first-order valence-corrected chi connectivity index (χ1v) is 8.25. The number of hydrogen-bond donors (Lipinski definition) is 0. The Balaban J connectivity index is 1.87. The summed E-state index contributed by atoms with van der Waals surface area (Å²) in [6.07, 6.45) is 3.35. The Kier molecular flexibility index (Phi) is 4.67. The number of hydrogen-bond acceptors (Lipinski definition) is 1. The zero-order valence-corrected chi connectivity index (χ0v) is 14.0. The molecule has 2 aromatic carbocycles. The van der Waals surface area contributed by atoms with Gasteiger partial charge in [-0.15, -0.1) is 0 Å². The molecule has 0 unspecified atom stereocenters. The number of halogens is 2. The Hall–Kier alpha value is -1.25. The Morgan fingerprint density at radius 2 is 1.86 bits per heavy atom. The van der Waals surface area contributed by atoms with Crippen molar-refractivity contribution >= 4 is 33.1 Å². The van der Waals surface area contributed by atoms with Crippen LogP contribution in [0.25, 0.3) is 5.57 Å². The Labute approximate surface area is 138 Å². The van der Waals surface area contributed by atoms with Gasteiger partial charge < -0.3 is 4.74 Å². The molecular weight excluding hydrogens is 348 g/mol. The molecule has 108 valence electrons. The summed E-state index contributed by atoms with van der Waals surface area (Å²) in [5.41, 5.74) is 3.60. The highest BCUT2D eigenvalue weighted by atomic mass is 79.9. The van der Waals surface area contributed by atoms with Crippen molar-refractivity contribution in [1.82, 2.24) is 0 Å². The lowest BCUT2D eigenvalue weighted by atomic mass is 10.0. The van der Waals surface area contributed by atoms with E-state index in [0.717, 1.165) is 34.7 Å². The fourth-order valence-electron chi connectivity index (χ4n) is 2.59. The minimum Gasteiger partial charge on any atom is -0.488 e. The minimum atomic E-state index is 0.570. The summed E-state index contributed by atoms with van der Waals surface area (Å²) in [5, 5.41) is 0.747. The van der Waals surface area contributed by atoms with Crippen LogP contribution in [0.2, 0.25) is 5.02 Å². The third-order valence-corrected chi connectivity index (χ3v) is 4.76. The van der Waals surface area contributed by atoms with E-state index in [0.29, 0.717) is 6.61 Å². The van der Waals surface area contributed by atoms with Gasteiger partial charge in [-0.1, -0.05) is 57.9 Å². The van der Waals surface area contributed by atoms with Gasteiger partial charge in [0.15, 0.2) is 0 Å². The normalized spacial score (nSPS) is 14.6. The van der Waals surface area contributed by atoms with Crippen molar-refractivity contribution < 1.29 is 4.74 Å². The molecule has 0 bridgehead atoms. The van der Waals surface area contributed by atoms with Gasteiger partial charge in [-0.05, 0) is 53.1 Å². The average Bonchev–Trinajstić information content (AvgIpc) is 2.93. The highest BCUT2D eigenvalue weighted by molar-refractivity contribution is 9.11. The van der Waals surface area contributed by atoms with Crippen LogP contribution in [0.15, 0.2) is 53.0 Å². The van der Waals surface area contributed by atoms with Crippen molar-refractivity contribution in [3.63, 3.8) is 0 Å². The molecule has 0 saturated heterocycles. The number of ether oxygens (including phenoxy) is 1. The first-order chi connectivity index (χ1) is 10.2. The van der Waals surface area contributed by atoms with Crippen LogP contribution in [0.5, 0.6) is 5.75 Å². The van der Waals surface area contributed by atoms with E-state index >= 15 is 0 Å². The predicted molar refractivity (Wildman–Crippen MR) is 91.9 cm³/mol. The molecule has 1 aliphatic rings. The van der Waals surface area contributed by atoms with Crippen molar-refractivity contribution in [2.24, 2.45) is 0 Å². The third kappa shape index (κ3) is 3.50. The standard InChI is InChI=1S/C18H16BrClO/c19-17-8-4-7-15(17)16-11-14(20)9-10-18(16)21-12-13-5-2-1-3-6-13/h1-3,5-6,9-11H,4,7-8,12H2. The van der Waals surface area contributed by atoms with Crippen LogP contribution >= 0.6 is 27.5 Å². The van der Waals surface area contributed by atoms with E-state index in [9.17, 15) is 0 Å². The van der Waals surface area contributed by atoms with Crippen molar-refractivity contribution in [1.29, 1.82) is 0 Å². The number of benzene rings is 2. The highest BCUT2D eigenvalue weighted by Crippen LogP contribution is 2.41. The first-order valence-electron chi connectivity index (χ1n) is 7.08. The highest BCUT2D eigenvalue weighted by Gasteiger charge is 2.18. The molecule has 0 N–H and O–H groups in total. The molecule has 3 heteroatoms. The molecule has 2 aromatic rings. The molecule has 3 rings (SSSR count). The van der Waals surface area contributed by atoms with E-state index in [-0.39, 0.29) is 0 Å². The lowest BCUT2D eigenvalue weighted by molar-refractivity contribution is 0.305. The van der Waals surface area contributed by atoms with Crippen LogP contribution in [0.1, 0.15) is 30.4 Å². The fraction of sp³-hybridized carbons (Fsp3) is 0.222. The predicted octanol–water partition coefficient (Wildman–Crippen LogP) is 6.21. The maximum atomic E-state index is 6.17. The smallest absolute Gasteiger partial charge is 0.127 e. The van der Waals surface area contributed by atoms with Gasteiger partial charge in [0, 0.05) is 10.6 Å². The van der Waals surface area contributed by atoms with Gasteiger partial charge in [0.25, 0.3) is 0 Å². The van der Waals surface area contributed by atoms with Crippen LogP contribution in [0.3, 0.4) is 0 Å². The first kappa shape index (κ1) is 14.7. The monoisotopic (exact) mass is 362 g/mol. The molecule has 0 saturated carbocycles. The molecule has 0 aliphatic heterocycles. The van der Waals surface area contributed by atoms with Crippen LogP contribution < -0.4 is 4.74 Å². The molecule has 0 radical (unpaired) electrons. The molecule has 1 nitrogen and oxygen atoms in total. The quantitative estimate of drug-likeness (QED) is 0.627. The second-order valence-corrected chi connectivity index (χ2v) is 6.55. The second-order valence-electron chi connectivity index (χ2n) is 5.15. The van der Waals surface area contributed by atoms with Crippen molar-refractivity contribution in [2.75, 3.05) is 0 Å². The van der Waals surface area contributed by atoms with E-state index in [1.807, 2.05) is 36.4 Å². The Morgan fingerprint density at radius 3 is 2.57 bits per heavy atom. The summed E-state index contributed by atoms with van der Waals surface area (Å²) in [4.78, 5) is 0. The summed E-state index contributed by atoms with van der Waals surface area (Å²) in [6, 6.07) is 16.1. The summed E-state index contributed by atoms with van der Waals surface area (Å²) in [7, 11) is 0. The van der Waals surface area contributed by atoms with Crippen LogP contribution in [-0.4, -0.2) is 0 Å². The van der Waals surface area contributed by atoms with E-state index < -0.39 is 0 Å². The summed E-state index contributed by atoms with van der Waals surface area (Å²) >= 11 is 9.84. The van der Waals surface area contributed by atoms with E-state index in [4.69, 9.17) is 16.3 Å². The maximum Gasteiger partial charge on any atom is 0.127 e. The lowest BCUT2D eigenvalue weighted by Crippen LogP contribution is -1.98. The second kappa shape index (κ2) is 6.67. The van der Waals surface area contributed by atoms with Gasteiger partial charge in [-0.25, -0.2) is 0 Å². The average molecular weight is 364 g/mol. The van der Waals surface area contributed by atoms with Gasteiger partial charge in [-0.3, -0.25) is 0 Å². The SMILES string of the molecule is Clc1ccc(OCc2ccccc2)c(C2=C(Br)CCC2)c1. The zero-order valence-electron chi connectivity index (χ0n) is 11.6. The van der Waals surface area contributed by atoms with Gasteiger partial charge in [0.2, 0.25) is 0 Å². The molecule has 0 fully saturated rings. The summed E-state index contributed by atoms with van der Waals surface area (Å²) in [6.45, 7) is 0.570. The van der Waals surface area contributed by atoms with Gasteiger partial charge in [0.1, 0.15) is 12.4 Å². The van der Waals surface area contributed by atoms with Gasteiger partial charge in [-0.2, -0.15) is 0 Å². The minimum absolute atomic E-state index is 0.570. The lowest BCUT2D eigenvalue weighted by Gasteiger charge is -2.13. The van der Waals surface area contributed by atoms with Crippen LogP contribution in [0, 0.1) is 0 Å².